The molecule has 0 saturated heterocycles. The van der Waals surface area contributed by atoms with Crippen LogP contribution in [0.1, 0.15) is 5.56 Å². The molecule has 3 N–H and O–H groups in total. The van der Waals surface area contributed by atoms with Crippen molar-refractivity contribution in [2.45, 2.75) is 11.8 Å². The maximum atomic E-state index is 12.2. The van der Waals surface area contributed by atoms with Crippen molar-refractivity contribution in [3.63, 3.8) is 0 Å². The van der Waals surface area contributed by atoms with Crippen molar-refractivity contribution in [2.75, 3.05) is 17.6 Å². The van der Waals surface area contributed by atoms with E-state index in [9.17, 15) is 8.42 Å². The third-order valence-corrected chi connectivity index (χ3v) is 3.94. The number of aryl methyl sites for hydroxylation is 1. The van der Waals surface area contributed by atoms with Crippen molar-refractivity contribution in [3.05, 3.63) is 42.1 Å². The molecular weight excluding hydrogens is 278 g/mol. The number of nitrogens with two attached hydrogens (primary N) is 1. The van der Waals surface area contributed by atoms with Gasteiger partial charge >= 0.3 is 0 Å². The molecule has 0 spiro atoms. The number of rotatable bonds is 4. The maximum Gasteiger partial charge on any atom is 0.262 e. The van der Waals surface area contributed by atoms with Gasteiger partial charge in [0.1, 0.15) is 0 Å². The van der Waals surface area contributed by atoms with Crippen molar-refractivity contribution in [1.29, 1.82) is 0 Å². The van der Waals surface area contributed by atoms with E-state index < -0.39 is 10.0 Å². The number of benzene rings is 1. The third kappa shape index (κ3) is 3.18. The molecule has 1 aromatic heterocycles. The molecule has 106 valence electrons. The average molecular weight is 293 g/mol. The fraction of sp³-hybridized carbons (Fsp3) is 0.154. The van der Waals surface area contributed by atoms with Gasteiger partial charge in [0.25, 0.3) is 10.0 Å². The lowest BCUT2D eigenvalue weighted by Crippen LogP contribution is -2.13. The number of ether oxygens (including phenoxy) is 1. The molecule has 20 heavy (non-hydrogen) atoms. The van der Waals surface area contributed by atoms with Gasteiger partial charge in [-0.15, -0.1) is 0 Å². The van der Waals surface area contributed by atoms with Crippen LogP contribution in [0.3, 0.4) is 0 Å². The minimum absolute atomic E-state index is 0.116. The third-order valence-electron chi connectivity index (χ3n) is 2.58. The molecule has 7 heteroatoms. The Balaban J connectivity index is 2.30. The van der Waals surface area contributed by atoms with Gasteiger partial charge in [0.2, 0.25) is 5.88 Å². The number of anilines is 2. The van der Waals surface area contributed by atoms with Crippen LogP contribution >= 0.6 is 0 Å². The van der Waals surface area contributed by atoms with Crippen molar-refractivity contribution in [3.8, 4) is 5.88 Å². The van der Waals surface area contributed by atoms with Crippen molar-refractivity contribution in [2.24, 2.45) is 0 Å². The van der Waals surface area contributed by atoms with E-state index in [0.29, 0.717) is 17.3 Å². The highest BCUT2D eigenvalue weighted by atomic mass is 32.2. The average Bonchev–Trinajstić information content (AvgIpc) is 2.38. The smallest absolute Gasteiger partial charge is 0.262 e. The molecule has 0 amide bonds. The second-order valence-corrected chi connectivity index (χ2v) is 5.96. The standard InChI is InChI=1S/C13H15N3O3S/c1-9-5-10(14)7-12(6-9)20(17,18)16-11-3-4-13(19-2)15-8-11/h3-8,16H,14H2,1-2H3. The number of methoxy groups -OCH3 is 1. The Morgan fingerprint density at radius 1 is 1.25 bits per heavy atom. The highest BCUT2D eigenvalue weighted by Crippen LogP contribution is 2.20. The molecule has 1 heterocycles. The van der Waals surface area contributed by atoms with E-state index in [1.807, 2.05) is 0 Å². The van der Waals surface area contributed by atoms with Gasteiger partial charge in [-0.25, -0.2) is 13.4 Å². The van der Waals surface area contributed by atoms with E-state index in [4.69, 9.17) is 10.5 Å². The van der Waals surface area contributed by atoms with Crippen LogP contribution in [0.15, 0.2) is 41.4 Å². The second-order valence-electron chi connectivity index (χ2n) is 4.27. The minimum atomic E-state index is -3.69. The van der Waals surface area contributed by atoms with Crippen LogP contribution in [-0.2, 0) is 10.0 Å². The Morgan fingerprint density at radius 3 is 2.55 bits per heavy atom. The first-order chi connectivity index (χ1) is 9.40. The predicted octanol–water partition coefficient (Wildman–Crippen LogP) is 1.78. The molecular formula is C13H15N3O3S. The van der Waals surface area contributed by atoms with E-state index in [1.165, 1.54) is 19.4 Å². The van der Waals surface area contributed by atoms with E-state index in [0.717, 1.165) is 5.56 Å². The fourth-order valence-corrected chi connectivity index (χ4v) is 2.89. The van der Waals surface area contributed by atoms with Gasteiger partial charge in [-0.1, -0.05) is 0 Å². The summed E-state index contributed by atoms with van der Waals surface area (Å²) in [6, 6.07) is 7.81. The summed E-state index contributed by atoms with van der Waals surface area (Å²) in [4.78, 5) is 4.05. The minimum Gasteiger partial charge on any atom is -0.481 e. The zero-order valence-electron chi connectivity index (χ0n) is 11.1. The Kier molecular flexibility index (Phi) is 3.80. The Labute approximate surface area is 117 Å². The summed E-state index contributed by atoms with van der Waals surface area (Å²) >= 11 is 0. The van der Waals surface area contributed by atoms with Crippen LogP contribution in [-0.4, -0.2) is 20.5 Å². The predicted molar refractivity (Wildman–Crippen MR) is 77.2 cm³/mol. The monoisotopic (exact) mass is 293 g/mol. The molecule has 2 rings (SSSR count). The van der Waals surface area contributed by atoms with Gasteiger partial charge in [0, 0.05) is 11.8 Å². The van der Waals surface area contributed by atoms with E-state index in [-0.39, 0.29) is 4.90 Å². The zero-order chi connectivity index (χ0) is 14.8. The Hall–Kier alpha value is -2.28. The summed E-state index contributed by atoms with van der Waals surface area (Å²) < 4.78 is 31.8. The summed E-state index contributed by atoms with van der Waals surface area (Å²) in [7, 11) is -2.20. The van der Waals surface area contributed by atoms with Crippen molar-refractivity contribution < 1.29 is 13.2 Å². The molecule has 0 aliphatic rings. The highest BCUT2D eigenvalue weighted by Gasteiger charge is 2.15. The van der Waals surface area contributed by atoms with Gasteiger partial charge in [-0.3, -0.25) is 4.72 Å². The number of aromatic nitrogens is 1. The zero-order valence-corrected chi connectivity index (χ0v) is 11.9. The molecule has 2 aromatic rings. The first-order valence-electron chi connectivity index (χ1n) is 5.81. The van der Waals surface area contributed by atoms with E-state index in [1.54, 1.807) is 31.2 Å². The van der Waals surface area contributed by atoms with Crippen LogP contribution < -0.4 is 15.2 Å². The molecule has 1 aromatic carbocycles. The second kappa shape index (κ2) is 5.38. The maximum absolute atomic E-state index is 12.2. The first-order valence-corrected chi connectivity index (χ1v) is 7.29. The number of nitrogen functional groups attached to an aromatic ring is 1. The lowest BCUT2D eigenvalue weighted by molar-refractivity contribution is 0.398. The molecule has 6 nitrogen and oxygen atoms in total. The van der Waals surface area contributed by atoms with Gasteiger partial charge in [-0.2, -0.15) is 0 Å². The quantitative estimate of drug-likeness (QED) is 0.838. The number of hydrogen-bond acceptors (Lipinski definition) is 5. The van der Waals surface area contributed by atoms with Gasteiger partial charge < -0.3 is 10.5 Å². The highest BCUT2D eigenvalue weighted by molar-refractivity contribution is 7.92. The summed E-state index contributed by atoms with van der Waals surface area (Å²) in [5, 5.41) is 0. The topological polar surface area (TPSA) is 94.3 Å². The number of nitrogens with zero attached hydrogens (tertiary/aromatic N) is 1. The van der Waals surface area contributed by atoms with E-state index >= 15 is 0 Å². The van der Waals surface area contributed by atoms with Crippen LogP contribution in [0.5, 0.6) is 5.88 Å². The molecule has 0 fully saturated rings. The van der Waals surface area contributed by atoms with Crippen LogP contribution in [0.4, 0.5) is 11.4 Å². The largest absolute Gasteiger partial charge is 0.481 e. The summed E-state index contributed by atoms with van der Waals surface area (Å²) in [6.45, 7) is 1.78. The molecule has 0 aliphatic carbocycles. The van der Waals surface area contributed by atoms with E-state index in [2.05, 4.69) is 9.71 Å². The van der Waals surface area contributed by atoms with Crippen LogP contribution in [0, 0.1) is 6.92 Å². The molecule has 0 radical (unpaired) electrons. The van der Waals surface area contributed by atoms with Gasteiger partial charge in [0.05, 0.1) is 23.9 Å². The number of sulfonamides is 1. The van der Waals surface area contributed by atoms with Gasteiger partial charge in [0.15, 0.2) is 0 Å². The van der Waals surface area contributed by atoms with Crippen molar-refractivity contribution in [1.82, 2.24) is 4.98 Å². The lowest BCUT2D eigenvalue weighted by atomic mass is 10.2. The summed E-state index contributed by atoms with van der Waals surface area (Å²) in [5.41, 5.74) is 7.20. The Bertz CT molecular complexity index is 692. The van der Waals surface area contributed by atoms with Crippen molar-refractivity contribution >= 4 is 21.4 Å². The number of pyridine rings is 1. The fourth-order valence-electron chi connectivity index (χ4n) is 1.71. The summed E-state index contributed by atoms with van der Waals surface area (Å²) in [5.74, 6) is 0.410. The Morgan fingerprint density at radius 2 is 2.00 bits per heavy atom. The normalized spacial score (nSPS) is 11.1. The molecule has 0 atom stereocenters. The van der Waals surface area contributed by atoms with Crippen LogP contribution in [0.25, 0.3) is 0 Å². The molecule has 0 aliphatic heterocycles. The number of nitrogens with one attached hydrogen (secondary N) is 1. The van der Waals surface area contributed by atoms with Crippen LogP contribution in [0.2, 0.25) is 0 Å². The molecule has 0 saturated carbocycles. The molecule has 0 unspecified atom stereocenters. The summed E-state index contributed by atoms with van der Waals surface area (Å²) in [6.07, 6.45) is 1.38. The SMILES string of the molecule is COc1ccc(NS(=O)(=O)c2cc(C)cc(N)c2)cn1. The number of hydrogen-bond donors (Lipinski definition) is 2. The molecule has 0 bridgehead atoms. The first kappa shape index (κ1) is 14.1. The van der Waals surface area contributed by atoms with Gasteiger partial charge in [-0.05, 0) is 36.8 Å². The lowest BCUT2D eigenvalue weighted by Gasteiger charge is -2.09.